The van der Waals surface area contributed by atoms with E-state index in [4.69, 9.17) is 9.47 Å². The van der Waals surface area contributed by atoms with Crippen molar-refractivity contribution in [3.8, 4) is 11.5 Å². The molecule has 1 aromatic heterocycles. The molecule has 0 spiro atoms. The van der Waals surface area contributed by atoms with Crippen molar-refractivity contribution in [1.29, 1.82) is 0 Å². The molecule has 0 aliphatic heterocycles. The highest BCUT2D eigenvalue weighted by atomic mass is 32.2. The van der Waals surface area contributed by atoms with Crippen molar-refractivity contribution in [1.82, 2.24) is 10.2 Å². The maximum absolute atomic E-state index is 12.6. The maximum Gasteiger partial charge on any atom is 0.210 e. The van der Waals surface area contributed by atoms with Crippen molar-refractivity contribution in [2.24, 2.45) is 0 Å². The Balaban J connectivity index is 1.63. The predicted molar refractivity (Wildman–Crippen MR) is 114 cm³/mol. The minimum atomic E-state index is -0.0383. The van der Waals surface area contributed by atoms with Crippen LogP contribution in [-0.2, 0) is 0 Å². The molecule has 0 fully saturated rings. The number of hydrogen-bond acceptors (Lipinski definition) is 8. The fraction of sp³-hybridized carbons (Fsp3) is 0.250. The van der Waals surface area contributed by atoms with Gasteiger partial charge in [-0.2, -0.15) is 0 Å². The van der Waals surface area contributed by atoms with Crippen molar-refractivity contribution in [2.75, 3.05) is 25.3 Å². The summed E-state index contributed by atoms with van der Waals surface area (Å²) in [6.45, 7) is 4.11. The number of benzene rings is 2. The van der Waals surface area contributed by atoms with E-state index in [1.807, 2.05) is 19.1 Å². The van der Waals surface area contributed by atoms with Gasteiger partial charge in [0.25, 0.3) is 0 Å². The minimum Gasteiger partial charge on any atom is -0.497 e. The zero-order chi connectivity index (χ0) is 20.1. The highest BCUT2D eigenvalue weighted by molar-refractivity contribution is 8.01. The molecule has 0 aliphatic carbocycles. The number of nitrogens with one attached hydrogen (secondary N) is 1. The second-order valence-electron chi connectivity index (χ2n) is 6.09. The number of carbonyl (C=O) groups excluding carboxylic acids is 1. The molecule has 1 N–H and O–H groups in total. The smallest absolute Gasteiger partial charge is 0.210 e. The summed E-state index contributed by atoms with van der Waals surface area (Å²) < 4.78 is 11.2. The molecule has 146 valence electrons. The first-order chi connectivity index (χ1) is 13.5. The maximum atomic E-state index is 12.6. The third-order valence-corrected chi connectivity index (χ3v) is 6.04. The van der Waals surface area contributed by atoms with Gasteiger partial charge >= 0.3 is 0 Å². The highest BCUT2D eigenvalue weighted by Gasteiger charge is 2.15. The summed E-state index contributed by atoms with van der Waals surface area (Å²) in [6.07, 6.45) is 0. The number of thioether (sulfide) groups is 1. The normalized spacial score (nSPS) is 10.6. The van der Waals surface area contributed by atoms with Crippen LogP contribution in [0.5, 0.6) is 11.5 Å². The van der Waals surface area contributed by atoms with Gasteiger partial charge in [-0.3, -0.25) is 4.79 Å². The number of Topliss-reactive ketones (excluding diaryl/α,β-unsaturated/α-hetero) is 1. The summed E-state index contributed by atoms with van der Waals surface area (Å²) in [5, 5.41) is 12.3. The van der Waals surface area contributed by atoms with Crippen LogP contribution in [0.15, 0.2) is 40.7 Å². The second-order valence-corrected chi connectivity index (χ2v) is 8.29. The number of carbonyl (C=O) groups is 1. The molecular weight excluding hydrogens is 394 g/mol. The van der Waals surface area contributed by atoms with E-state index in [0.29, 0.717) is 22.2 Å². The monoisotopic (exact) mass is 415 g/mol. The molecule has 2 aromatic carbocycles. The Bertz CT molecular complexity index is 989. The van der Waals surface area contributed by atoms with E-state index in [-0.39, 0.29) is 11.5 Å². The van der Waals surface area contributed by atoms with Crippen LogP contribution in [-0.4, -0.2) is 36.0 Å². The number of ether oxygens (including phenoxy) is 2. The molecule has 0 aliphatic rings. The van der Waals surface area contributed by atoms with Crippen LogP contribution in [0.25, 0.3) is 0 Å². The van der Waals surface area contributed by atoms with Gasteiger partial charge < -0.3 is 14.8 Å². The minimum absolute atomic E-state index is 0.0383. The molecule has 28 heavy (non-hydrogen) atoms. The molecule has 3 aromatic rings. The molecule has 3 rings (SSSR count). The van der Waals surface area contributed by atoms with E-state index in [2.05, 4.69) is 28.5 Å². The molecule has 1 heterocycles. The van der Waals surface area contributed by atoms with Crippen LogP contribution in [0.3, 0.4) is 0 Å². The zero-order valence-corrected chi connectivity index (χ0v) is 17.7. The second kappa shape index (κ2) is 9.07. The van der Waals surface area contributed by atoms with E-state index in [1.54, 1.807) is 25.3 Å². The number of nitrogens with zero attached hydrogens (tertiary/aromatic N) is 2. The van der Waals surface area contributed by atoms with Crippen molar-refractivity contribution in [3.05, 3.63) is 53.1 Å². The molecule has 0 radical (unpaired) electrons. The molecule has 0 unspecified atom stereocenters. The Morgan fingerprint density at radius 2 is 1.93 bits per heavy atom. The topological polar surface area (TPSA) is 73.3 Å². The van der Waals surface area contributed by atoms with Gasteiger partial charge in [0.15, 0.2) is 10.1 Å². The van der Waals surface area contributed by atoms with Crippen LogP contribution in [0.4, 0.5) is 10.8 Å². The van der Waals surface area contributed by atoms with Gasteiger partial charge in [-0.05, 0) is 37.6 Å². The number of methoxy groups -OCH3 is 2. The largest absolute Gasteiger partial charge is 0.497 e. The summed E-state index contributed by atoms with van der Waals surface area (Å²) in [5.74, 6) is 1.36. The first-order valence-electron chi connectivity index (χ1n) is 8.56. The Morgan fingerprint density at radius 3 is 2.64 bits per heavy atom. The molecule has 8 heteroatoms. The summed E-state index contributed by atoms with van der Waals surface area (Å²) in [5.41, 5.74) is 3.88. The third kappa shape index (κ3) is 4.82. The number of rotatable bonds is 8. The van der Waals surface area contributed by atoms with E-state index >= 15 is 0 Å². The lowest BCUT2D eigenvalue weighted by atomic mass is 10.1. The van der Waals surface area contributed by atoms with Gasteiger partial charge in [0.2, 0.25) is 5.13 Å². The Kier molecular flexibility index (Phi) is 6.53. The zero-order valence-electron chi connectivity index (χ0n) is 16.1. The van der Waals surface area contributed by atoms with Crippen molar-refractivity contribution in [3.63, 3.8) is 0 Å². The van der Waals surface area contributed by atoms with Crippen LogP contribution in [0.2, 0.25) is 0 Å². The van der Waals surface area contributed by atoms with Crippen LogP contribution >= 0.6 is 23.1 Å². The fourth-order valence-electron chi connectivity index (χ4n) is 2.62. The lowest BCUT2D eigenvalue weighted by Crippen LogP contribution is -2.05. The van der Waals surface area contributed by atoms with Gasteiger partial charge in [-0.15, -0.1) is 10.2 Å². The van der Waals surface area contributed by atoms with Crippen LogP contribution in [0, 0.1) is 13.8 Å². The summed E-state index contributed by atoms with van der Waals surface area (Å²) in [4.78, 5) is 12.6. The number of hydrogen-bond donors (Lipinski definition) is 1. The lowest BCUT2D eigenvalue weighted by Gasteiger charge is -2.09. The van der Waals surface area contributed by atoms with Gasteiger partial charge in [0.05, 0.1) is 25.5 Å². The molecule has 0 amide bonds. The molecule has 0 atom stereocenters. The van der Waals surface area contributed by atoms with E-state index in [1.165, 1.54) is 35.8 Å². The van der Waals surface area contributed by atoms with Crippen molar-refractivity contribution >= 4 is 39.7 Å². The van der Waals surface area contributed by atoms with Gasteiger partial charge in [-0.1, -0.05) is 40.8 Å². The van der Waals surface area contributed by atoms with Gasteiger partial charge in [0, 0.05) is 11.8 Å². The standard InChI is InChI=1S/C20H21N3O3S2/c1-12-5-8-16(13(2)9-12)21-19-22-23-20(28-19)27-11-17(24)15-7-6-14(25-3)10-18(15)26-4/h5-10H,11H2,1-4H3,(H,21,22). The third-order valence-electron chi connectivity index (χ3n) is 4.07. The Morgan fingerprint density at radius 1 is 1.11 bits per heavy atom. The van der Waals surface area contributed by atoms with E-state index < -0.39 is 0 Å². The lowest BCUT2D eigenvalue weighted by molar-refractivity contribution is 0.101. The molecule has 0 saturated heterocycles. The SMILES string of the molecule is COc1ccc(C(=O)CSc2nnc(Nc3ccc(C)cc3C)s2)c(OC)c1. The average Bonchev–Trinajstić information content (AvgIpc) is 3.15. The predicted octanol–water partition coefficient (Wildman–Crippen LogP) is 4.89. The summed E-state index contributed by atoms with van der Waals surface area (Å²) in [6, 6.07) is 11.4. The highest BCUT2D eigenvalue weighted by Crippen LogP contribution is 2.31. The molecular formula is C20H21N3O3S2. The van der Waals surface area contributed by atoms with Gasteiger partial charge in [0.1, 0.15) is 11.5 Å². The van der Waals surface area contributed by atoms with Crippen molar-refractivity contribution in [2.45, 2.75) is 18.2 Å². The fourth-order valence-corrected chi connectivity index (χ4v) is 4.27. The van der Waals surface area contributed by atoms with Crippen molar-refractivity contribution < 1.29 is 14.3 Å². The Labute approximate surface area is 172 Å². The quantitative estimate of drug-likeness (QED) is 0.415. The molecule has 0 bridgehead atoms. The summed E-state index contributed by atoms with van der Waals surface area (Å²) in [7, 11) is 3.11. The van der Waals surface area contributed by atoms with E-state index in [9.17, 15) is 4.79 Å². The first kappa shape index (κ1) is 20.2. The van der Waals surface area contributed by atoms with E-state index in [0.717, 1.165) is 15.6 Å². The average molecular weight is 416 g/mol. The number of anilines is 2. The van der Waals surface area contributed by atoms with Crippen LogP contribution < -0.4 is 14.8 Å². The molecule has 6 nitrogen and oxygen atoms in total. The first-order valence-corrected chi connectivity index (χ1v) is 10.4. The number of aromatic nitrogens is 2. The number of ketones is 1. The van der Waals surface area contributed by atoms with Crippen LogP contribution in [0.1, 0.15) is 21.5 Å². The Hall–Kier alpha value is -2.58. The molecule has 0 saturated carbocycles. The van der Waals surface area contributed by atoms with Gasteiger partial charge in [-0.25, -0.2) is 0 Å². The summed E-state index contributed by atoms with van der Waals surface area (Å²) >= 11 is 2.78. The number of aryl methyl sites for hydroxylation is 2.